The Balaban J connectivity index is 1.49. The van der Waals surface area contributed by atoms with Crippen molar-refractivity contribution in [1.82, 2.24) is 25.4 Å². The summed E-state index contributed by atoms with van der Waals surface area (Å²) in [6, 6.07) is 5.28. The Labute approximate surface area is 145 Å². The van der Waals surface area contributed by atoms with Crippen LogP contribution >= 0.6 is 0 Å². The standard InChI is InChI=1S/C17H20N6O2/c1-11-4-5-12(9-13(11)22-8-6-18-17(22)25)16(24)19-10-15-21-20-14-3-2-7-23(14)15/h4-5,9H,2-3,6-8,10H2,1H3,(H,18,25)(H,19,24). The molecule has 1 saturated heterocycles. The summed E-state index contributed by atoms with van der Waals surface area (Å²) in [6.07, 6.45) is 2.02. The van der Waals surface area contributed by atoms with Gasteiger partial charge >= 0.3 is 6.03 Å². The van der Waals surface area contributed by atoms with Crippen LogP contribution in [0.1, 0.15) is 34.0 Å². The fraction of sp³-hybridized carbons (Fsp3) is 0.412. The molecule has 25 heavy (non-hydrogen) atoms. The van der Waals surface area contributed by atoms with Crippen molar-refractivity contribution >= 4 is 17.6 Å². The van der Waals surface area contributed by atoms with Gasteiger partial charge in [-0.15, -0.1) is 10.2 Å². The first-order valence-electron chi connectivity index (χ1n) is 8.48. The number of benzene rings is 1. The van der Waals surface area contributed by atoms with Gasteiger partial charge in [0.25, 0.3) is 5.91 Å². The monoisotopic (exact) mass is 340 g/mol. The van der Waals surface area contributed by atoms with Crippen LogP contribution in [0.4, 0.5) is 10.5 Å². The molecule has 130 valence electrons. The van der Waals surface area contributed by atoms with Crippen molar-refractivity contribution in [3.8, 4) is 0 Å². The summed E-state index contributed by atoms with van der Waals surface area (Å²) in [4.78, 5) is 26.1. The van der Waals surface area contributed by atoms with E-state index in [1.54, 1.807) is 17.0 Å². The van der Waals surface area contributed by atoms with Crippen LogP contribution in [0.15, 0.2) is 18.2 Å². The van der Waals surface area contributed by atoms with Crippen molar-refractivity contribution in [2.45, 2.75) is 32.9 Å². The average molecular weight is 340 g/mol. The summed E-state index contributed by atoms with van der Waals surface area (Å²) in [7, 11) is 0. The van der Waals surface area contributed by atoms with Gasteiger partial charge < -0.3 is 15.2 Å². The first-order valence-corrected chi connectivity index (χ1v) is 8.48. The van der Waals surface area contributed by atoms with Gasteiger partial charge in [0.05, 0.1) is 6.54 Å². The van der Waals surface area contributed by atoms with Gasteiger partial charge in [-0.2, -0.15) is 0 Å². The minimum absolute atomic E-state index is 0.125. The number of aromatic nitrogens is 3. The molecule has 0 atom stereocenters. The fourth-order valence-electron chi connectivity index (χ4n) is 3.35. The fourth-order valence-corrected chi connectivity index (χ4v) is 3.35. The number of carbonyl (C=O) groups is 2. The maximum absolute atomic E-state index is 12.5. The molecule has 3 amide bonds. The molecule has 8 nitrogen and oxygen atoms in total. The number of hydrogen-bond donors (Lipinski definition) is 2. The highest BCUT2D eigenvalue weighted by Gasteiger charge is 2.23. The Morgan fingerprint density at radius 2 is 2.20 bits per heavy atom. The minimum Gasteiger partial charge on any atom is -0.345 e. The summed E-state index contributed by atoms with van der Waals surface area (Å²) in [5, 5.41) is 14.0. The summed E-state index contributed by atoms with van der Waals surface area (Å²) in [5.74, 6) is 1.59. The van der Waals surface area contributed by atoms with E-state index >= 15 is 0 Å². The molecule has 0 unspecified atom stereocenters. The van der Waals surface area contributed by atoms with E-state index in [2.05, 4.69) is 25.4 Å². The Morgan fingerprint density at radius 1 is 1.32 bits per heavy atom. The molecule has 8 heteroatoms. The van der Waals surface area contributed by atoms with Crippen LogP contribution in [-0.4, -0.2) is 39.8 Å². The zero-order valence-electron chi connectivity index (χ0n) is 14.1. The summed E-state index contributed by atoms with van der Waals surface area (Å²) in [5.41, 5.74) is 2.26. The maximum atomic E-state index is 12.5. The number of aryl methyl sites for hydroxylation is 2. The molecule has 1 aromatic carbocycles. The number of carbonyl (C=O) groups excluding carboxylic acids is 2. The number of urea groups is 1. The molecule has 0 aliphatic carbocycles. The number of hydrogen-bond acceptors (Lipinski definition) is 4. The zero-order chi connectivity index (χ0) is 17.4. The Kier molecular flexibility index (Phi) is 3.87. The smallest absolute Gasteiger partial charge is 0.322 e. The summed E-state index contributed by atoms with van der Waals surface area (Å²) >= 11 is 0. The quantitative estimate of drug-likeness (QED) is 0.868. The highest BCUT2D eigenvalue weighted by molar-refractivity contribution is 5.99. The molecule has 2 aliphatic heterocycles. The molecule has 0 spiro atoms. The molecule has 3 heterocycles. The Morgan fingerprint density at radius 3 is 3.00 bits per heavy atom. The molecule has 2 aliphatic rings. The molecule has 1 aromatic heterocycles. The molecule has 0 radical (unpaired) electrons. The van der Waals surface area contributed by atoms with Gasteiger partial charge in [-0.3, -0.25) is 9.69 Å². The average Bonchev–Trinajstić information content (AvgIpc) is 3.31. The second-order valence-electron chi connectivity index (χ2n) is 6.36. The lowest BCUT2D eigenvalue weighted by molar-refractivity contribution is 0.0949. The normalized spacial score (nSPS) is 16.0. The highest BCUT2D eigenvalue weighted by Crippen LogP contribution is 2.23. The lowest BCUT2D eigenvalue weighted by Crippen LogP contribution is -2.29. The second kappa shape index (κ2) is 6.19. The molecule has 1 fully saturated rings. The predicted molar refractivity (Wildman–Crippen MR) is 91.4 cm³/mol. The van der Waals surface area contributed by atoms with Crippen LogP contribution in [0.5, 0.6) is 0 Å². The zero-order valence-corrected chi connectivity index (χ0v) is 14.1. The third kappa shape index (κ3) is 2.84. The van der Waals surface area contributed by atoms with Crippen LogP contribution in [0.25, 0.3) is 0 Å². The van der Waals surface area contributed by atoms with Gasteiger partial charge in [0.2, 0.25) is 0 Å². The van der Waals surface area contributed by atoms with Crippen LogP contribution < -0.4 is 15.5 Å². The third-order valence-electron chi connectivity index (χ3n) is 4.71. The van der Waals surface area contributed by atoms with Crippen molar-refractivity contribution in [2.24, 2.45) is 0 Å². The lowest BCUT2D eigenvalue weighted by Gasteiger charge is -2.18. The highest BCUT2D eigenvalue weighted by atomic mass is 16.2. The van der Waals surface area contributed by atoms with E-state index in [0.717, 1.165) is 42.3 Å². The summed E-state index contributed by atoms with van der Waals surface area (Å²) in [6.45, 7) is 4.41. The van der Waals surface area contributed by atoms with Crippen molar-refractivity contribution in [3.63, 3.8) is 0 Å². The predicted octanol–water partition coefficient (Wildman–Crippen LogP) is 0.992. The Bertz CT molecular complexity index is 844. The van der Waals surface area contributed by atoms with Gasteiger partial charge in [0.1, 0.15) is 5.82 Å². The number of fused-ring (bicyclic) bond motifs is 1. The molecular formula is C17H20N6O2. The number of anilines is 1. The van der Waals surface area contributed by atoms with E-state index in [9.17, 15) is 9.59 Å². The van der Waals surface area contributed by atoms with Crippen molar-refractivity contribution in [1.29, 1.82) is 0 Å². The first-order chi connectivity index (χ1) is 12.1. The summed E-state index contributed by atoms with van der Waals surface area (Å²) < 4.78 is 2.06. The van der Waals surface area contributed by atoms with E-state index < -0.39 is 0 Å². The molecule has 2 N–H and O–H groups in total. The molecule has 4 rings (SSSR count). The topological polar surface area (TPSA) is 92.2 Å². The molecule has 0 bridgehead atoms. The second-order valence-corrected chi connectivity index (χ2v) is 6.36. The number of amides is 3. The third-order valence-corrected chi connectivity index (χ3v) is 4.71. The minimum atomic E-state index is -0.184. The van der Waals surface area contributed by atoms with E-state index in [1.807, 2.05) is 13.0 Å². The largest absolute Gasteiger partial charge is 0.345 e. The lowest BCUT2D eigenvalue weighted by atomic mass is 10.1. The van der Waals surface area contributed by atoms with E-state index in [0.29, 0.717) is 25.2 Å². The maximum Gasteiger partial charge on any atom is 0.322 e. The van der Waals surface area contributed by atoms with Crippen LogP contribution in [-0.2, 0) is 19.5 Å². The van der Waals surface area contributed by atoms with Crippen LogP contribution in [0, 0.1) is 6.92 Å². The molecule has 0 saturated carbocycles. The van der Waals surface area contributed by atoms with Crippen LogP contribution in [0.3, 0.4) is 0 Å². The number of nitrogens with one attached hydrogen (secondary N) is 2. The number of nitrogens with zero attached hydrogens (tertiary/aromatic N) is 4. The SMILES string of the molecule is Cc1ccc(C(=O)NCc2nnc3n2CCC3)cc1N1CCNC1=O. The number of rotatable bonds is 4. The van der Waals surface area contributed by atoms with Crippen LogP contribution in [0.2, 0.25) is 0 Å². The van der Waals surface area contributed by atoms with E-state index in [1.165, 1.54) is 0 Å². The van der Waals surface area contributed by atoms with Crippen molar-refractivity contribution in [2.75, 3.05) is 18.0 Å². The van der Waals surface area contributed by atoms with E-state index in [4.69, 9.17) is 0 Å². The van der Waals surface area contributed by atoms with Gasteiger partial charge in [-0.1, -0.05) is 6.07 Å². The van der Waals surface area contributed by atoms with Gasteiger partial charge in [-0.25, -0.2) is 4.79 Å². The molecular weight excluding hydrogens is 320 g/mol. The van der Waals surface area contributed by atoms with Crippen molar-refractivity contribution in [3.05, 3.63) is 41.0 Å². The first kappa shape index (κ1) is 15.6. The van der Waals surface area contributed by atoms with Crippen molar-refractivity contribution < 1.29 is 9.59 Å². The van der Waals surface area contributed by atoms with E-state index in [-0.39, 0.29) is 11.9 Å². The van der Waals surface area contributed by atoms with Gasteiger partial charge in [-0.05, 0) is 31.0 Å². The molecule has 2 aromatic rings. The Hall–Kier alpha value is -2.90. The van der Waals surface area contributed by atoms with Gasteiger partial charge in [0, 0.05) is 37.3 Å². The van der Waals surface area contributed by atoms with Gasteiger partial charge in [0.15, 0.2) is 5.82 Å².